The Bertz CT molecular complexity index is 1580. The van der Waals surface area contributed by atoms with Crippen LogP contribution in [0, 0.1) is 0 Å². The number of hydrogen-bond acceptors (Lipinski definition) is 6. The number of nitrogens with zero attached hydrogens (tertiary/aromatic N) is 5. The molecular formula is C33H33F6N5O2. The Balaban J connectivity index is 1.40. The molecule has 0 saturated carbocycles. The van der Waals surface area contributed by atoms with Gasteiger partial charge in [-0.05, 0) is 59.4 Å². The fraction of sp³-hybridized carbons (Fsp3) is 0.424. The van der Waals surface area contributed by atoms with Crippen molar-refractivity contribution in [2.45, 2.75) is 74.9 Å². The van der Waals surface area contributed by atoms with E-state index in [4.69, 9.17) is 9.47 Å². The van der Waals surface area contributed by atoms with Crippen molar-refractivity contribution in [2.24, 2.45) is 0 Å². The van der Waals surface area contributed by atoms with Gasteiger partial charge in [0.15, 0.2) is 5.82 Å². The van der Waals surface area contributed by atoms with E-state index in [1.807, 2.05) is 60.7 Å². The minimum atomic E-state index is -4.95. The largest absolute Gasteiger partial charge is 0.416 e. The average Bonchev–Trinajstić information content (AvgIpc) is 3.58. The van der Waals surface area contributed by atoms with Crippen LogP contribution in [0.5, 0.6) is 0 Å². The third-order valence-electron chi connectivity index (χ3n) is 9.03. The number of rotatable bonds is 10. The minimum Gasteiger partial charge on any atom is -0.383 e. The quantitative estimate of drug-likeness (QED) is 0.173. The van der Waals surface area contributed by atoms with Crippen LogP contribution in [0.3, 0.4) is 0 Å². The van der Waals surface area contributed by atoms with E-state index in [9.17, 15) is 26.3 Å². The summed E-state index contributed by atoms with van der Waals surface area (Å²) in [6.45, 7) is 0.961. The maximum absolute atomic E-state index is 13.6. The lowest BCUT2D eigenvalue weighted by molar-refractivity contribution is -0.143. The molecule has 0 aliphatic carbocycles. The number of benzene rings is 3. The topological polar surface area (TPSA) is 65.3 Å². The highest BCUT2D eigenvalue weighted by Gasteiger charge is 2.61. The second-order valence-corrected chi connectivity index (χ2v) is 11.8. The number of methoxy groups -OCH3 is 1. The maximum Gasteiger partial charge on any atom is 0.416 e. The molecule has 2 saturated heterocycles. The average molecular weight is 646 g/mol. The first-order valence-electron chi connectivity index (χ1n) is 15.0. The van der Waals surface area contributed by atoms with E-state index in [-0.39, 0.29) is 23.6 Å². The number of ether oxygens (including phenoxy) is 2. The zero-order valence-corrected chi connectivity index (χ0v) is 25.0. The van der Waals surface area contributed by atoms with Gasteiger partial charge in [0.2, 0.25) is 0 Å². The summed E-state index contributed by atoms with van der Waals surface area (Å²) >= 11 is 0. The number of halogens is 6. The van der Waals surface area contributed by atoms with Crippen LogP contribution in [0.25, 0.3) is 0 Å². The SMILES string of the molecule is COCCn1nnc([C@@H]2C[C@@]3(c4ccccc4)[C@H](OCc4cc(C(F)(F)F)cc(C(F)(F)F)c4)CC[C@@H]2N3Cc2ccccc2)n1. The fourth-order valence-corrected chi connectivity index (χ4v) is 7.03. The van der Waals surface area contributed by atoms with Crippen molar-refractivity contribution in [3.63, 3.8) is 0 Å². The molecule has 0 N–H and O–H groups in total. The summed E-state index contributed by atoms with van der Waals surface area (Å²) in [7, 11) is 1.59. The monoisotopic (exact) mass is 645 g/mol. The Kier molecular flexibility index (Phi) is 8.92. The van der Waals surface area contributed by atoms with Crippen molar-refractivity contribution in [1.82, 2.24) is 25.1 Å². The maximum atomic E-state index is 13.6. The summed E-state index contributed by atoms with van der Waals surface area (Å²) in [6, 6.07) is 21.2. The number of aromatic nitrogens is 4. The molecule has 0 amide bonds. The molecule has 0 unspecified atom stereocenters. The van der Waals surface area contributed by atoms with E-state index in [1.54, 1.807) is 7.11 Å². The fourth-order valence-electron chi connectivity index (χ4n) is 7.03. The molecule has 2 aliphatic rings. The Morgan fingerprint density at radius 1 is 0.848 bits per heavy atom. The van der Waals surface area contributed by atoms with Crippen LogP contribution in [0.1, 0.15) is 58.8 Å². The molecule has 4 atom stereocenters. The van der Waals surface area contributed by atoms with Gasteiger partial charge in [-0.25, -0.2) is 0 Å². The summed E-state index contributed by atoms with van der Waals surface area (Å²) in [5.41, 5.74) is -1.71. The first kappa shape index (κ1) is 32.1. The molecular weight excluding hydrogens is 612 g/mol. The molecule has 7 nitrogen and oxygen atoms in total. The Labute approximate surface area is 262 Å². The summed E-state index contributed by atoms with van der Waals surface area (Å²) in [4.78, 5) is 3.86. The van der Waals surface area contributed by atoms with E-state index in [0.717, 1.165) is 23.3 Å². The molecule has 2 fully saturated rings. The molecule has 0 radical (unpaired) electrons. The highest BCUT2D eigenvalue weighted by Crippen LogP contribution is 2.57. The minimum absolute atomic E-state index is 0.0225. The molecule has 3 heterocycles. The van der Waals surface area contributed by atoms with E-state index in [2.05, 4.69) is 20.3 Å². The normalized spacial score (nSPS) is 23.6. The second kappa shape index (κ2) is 12.8. The molecule has 6 rings (SSSR count). The molecule has 46 heavy (non-hydrogen) atoms. The molecule has 4 aromatic rings. The predicted molar refractivity (Wildman–Crippen MR) is 155 cm³/mol. The number of fused-ring (bicyclic) bond motifs is 2. The van der Waals surface area contributed by atoms with Crippen molar-refractivity contribution >= 4 is 0 Å². The first-order valence-corrected chi connectivity index (χ1v) is 15.0. The van der Waals surface area contributed by atoms with Crippen LogP contribution in [0.4, 0.5) is 26.3 Å². The third kappa shape index (κ3) is 6.40. The molecule has 244 valence electrons. The summed E-state index contributed by atoms with van der Waals surface area (Å²) < 4.78 is 93.4. The van der Waals surface area contributed by atoms with Gasteiger partial charge in [-0.3, -0.25) is 4.90 Å². The van der Waals surface area contributed by atoms with Gasteiger partial charge < -0.3 is 9.47 Å². The highest BCUT2D eigenvalue weighted by atomic mass is 19.4. The van der Waals surface area contributed by atoms with Gasteiger partial charge in [-0.1, -0.05) is 60.7 Å². The number of hydrogen-bond donors (Lipinski definition) is 0. The van der Waals surface area contributed by atoms with Crippen molar-refractivity contribution in [2.75, 3.05) is 13.7 Å². The van der Waals surface area contributed by atoms with Crippen molar-refractivity contribution in [3.8, 4) is 0 Å². The third-order valence-corrected chi connectivity index (χ3v) is 9.03. The number of tetrazole rings is 1. The summed E-state index contributed by atoms with van der Waals surface area (Å²) in [5.74, 6) is 0.421. The van der Waals surface area contributed by atoms with Crippen LogP contribution >= 0.6 is 0 Å². The second-order valence-electron chi connectivity index (χ2n) is 11.8. The Morgan fingerprint density at radius 3 is 2.13 bits per heavy atom. The molecule has 2 aliphatic heterocycles. The summed E-state index contributed by atoms with van der Waals surface area (Å²) in [5, 5.41) is 13.3. The lowest BCUT2D eigenvalue weighted by atomic mass is 9.78. The van der Waals surface area contributed by atoms with Crippen LogP contribution in [-0.4, -0.2) is 51.0 Å². The van der Waals surface area contributed by atoms with E-state index < -0.39 is 41.7 Å². The lowest BCUT2D eigenvalue weighted by Gasteiger charge is -2.50. The first-order chi connectivity index (χ1) is 22.0. The predicted octanol–water partition coefficient (Wildman–Crippen LogP) is 6.99. The van der Waals surface area contributed by atoms with Crippen LogP contribution in [0.15, 0.2) is 78.9 Å². The Hall–Kier alpha value is -3.81. The van der Waals surface area contributed by atoms with Gasteiger partial charge in [-0.2, -0.15) is 31.1 Å². The lowest BCUT2D eigenvalue weighted by Crippen LogP contribution is -2.56. The molecule has 3 aromatic carbocycles. The van der Waals surface area contributed by atoms with Gasteiger partial charge in [0.05, 0.1) is 42.5 Å². The van der Waals surface area contributed by atoms with Gasteiger partial charge in [0.1, 0.15) is 0 Å². The van der Waals surface area contributed by atoms with Crippen molar-refractivity contribution < 1.29 is 35.8 Å². The van der Waals surface area contributed by atoms with Crippen LogP contribution < -0.4 is 0 Å². The zero-order valence-electron chi connectivity index (χ0n) is 25.0. The Morgan fingerprint density at radius 2 is 1.50 bits per heavy atom. The van der Waals surface area contributed by atoms with Gasteiger partial charge in [0, 0.05) is 25.6 Å². The van der Waals surface area contributed by atoms with Gasteiger partial charge in [0.25, 0.3) is 0 Å². The van der Waals surface area contributed by atoms with Gasteiger partial charge in [-0.15, -0.1) is 10.2 Å². The van der Waals surface area contributed by atoms with E-state index in [0.29, 0.717) is 44.8 Å². The van der Waals surface area contributed by atoms with E-state index >= 15 is 0 Å². The van der Waals surface area contributed by atoms with E-state index in [1.165, 1.54) is 4.80 Å². The molecule has 2 bridgehead atoms. The van der Waals surface area contributed by atoms with Crippen LogP contribution in [-0.2, 0) is 47.1 Å². The summed E-state index contributed by atoms with van der Waals surface area (Å²) in [6.07, 6.45) is -8.75. The highest BCUT2D eigenvalue weighted by molar-refractivity contribution is 5.35. The van der Waals surface area contributed by atoms with Gasteiger partial charge >= 0.3 is 12.4 Å². The van der Waals surface area contributed by atoms with Crippen molar-refractivity contribution in [3.05, 3.63) is 113 Å². The number of piperidine rings is 1. The van der Waals surface area contributed by atoms with Crippen LogP contribution in [0.2, 0.25) is 0 Å². The molecule has 0 spiro atoms. The molecule has 1 aromatic heterocycles. The van der Waals surface area contributed by atoms with Crippen molar-refractivity contribution in [1.29, 1.82) is 0 Å². The zero-order chi connectivity index (χ0) is 32.5. The number of alkyl halides is 6. The standard InChI is InChI=1S/C33H33F6N5O2/c1-45-15-14-44-41-30(40-42-44)27-19-31(24-10-6-3-7-11-24)29(13-12-28(27)43(31)20-22-8-4-2-5-9-22)46-21-23-16-25(32(34,35)36)18-26(17-23)33(37,38)39/h2-11,16-18,27-29H,12-15,19-21H2,1H3/t27-,28+,29-,31-/m1/s1. The molecule has 13 heteroatoms. The smallest absolute Gasteiger partial charge is 0.383 e.